The highest BCUT2D eigenvalue weighted by Gasteiger charge is 2.24. The molecule has 0 aromatic heterocycles. The Kier molecular flexibility index (Phi) is 10.9. The van der Waals surface area contributed by atoms with Crippen molar-refractivity contribution < 1.29 is 23.8 Å². The number of carbonyl (C=O) groups is 2. The van der Waals surface area contributed by atoms with E-state index in [2.05, 4.69) is 10.6 Å². The average Bonchev–Trinajstić information content (AvgIpc) is 2.84. The third kappa shape index (κ3) is 7.60. The van der Waals surface area contributed by atoms with Crippen LogP contribution in [0.3, 0.4) is 0 Å². The van der Waals surface area contributed by atoms with E-state index in [-0.39, 0.29) is 17.9 Å². The van der Waals surface area contributed by atoms with Gasteiger partial charge in [-0.25, -0.2) is 0 Å². The number of benzene rings is 2. The zero-order valence-corrected chi connectivity index (χ0v) is 20.8. The van der Waals surface area contributed by atoms with E-state index in [0.29, 0.717) is 35.8 Å². The molecule has 0 saturated heterocycles. The lowest BCUT2D eigenvalue weighted by Crippen LogP contribution is -2.47. The van der Waals surface area contributed by atoms with Crippen LogP contribution in [0.25, 0.3) is 0 Å². The van der Waals surface area contributed by atoms with Crippen LogP contribution in [0.4, 0.5) is 0 Å². The van der Waals surface area contributed by atoms with Crippen molar-refractivity contribution in [3.63, 3.8) is 0 Å². The molecule has 2 atom stereocenters. The quantitative estimate of drug-likeness (QED) is 0.452. The summed E-state index contributed by atoms with van der Waals surface area (Å²) in [6.07, 6.45) is 3.37. The lowest BCUT2D eigenvalue weighted by atomic mass is 10.1. The maximum Gasteiger partial charge on any atom is 0.255 e. The molecule has 2 aromatic carbocycles. The van der Waals surface area contributed by atoms with Crippen LogP contribution in [0.1, 0.15) is 48.7 Å². The number of rotatable bonds is 13. The maximum absolute atomic E-state index is 13.1. The van der Waals surface area contributed by atoms with E-state index >= 15 is 0 Å². The molecule has 2 rings (SSSR count). The van der Waals surface area contributed by atoms with E-state index in [1.54, 1.807) is 43.1 Å². The van der Waals surface area contributed by atoms with Gasteiger partial charge in [-0.1, -0.05) is 25.1 Å². The molecular formula is C25H34N2O5S. The predicted octanol–water partition coefficient (Wildman–Crippen LogP) is 4.22. The summed E-state index contributed by atoms with van der Waals surface area (Å²) in [6, 6.07) is 11.6. The van der Waals surface area contributed by atoms with Gasteiger partial charge in [0.25, 0.3) is 5.91 Å². The van der Waals surface area contributed by atoms with Crippen LogP contribution in [0, 0.1) is 0 Å². The summed E-state index contributed by atoms with van der Waals surface area (Å²) in [4.78, 5) is 26.0. The molecule has 2 amide bonds. The first-order valence-corrected chi connectivity index (χ1v) is 12.4. The van der Waals surface area contributed by atoms with Crippen molar-refractivity contribution in [3.8, 4) is 17.2 Å². The molecule has 0 heterocycles. The van der Waals surface area contributed by atoms with Gasteiger partial charge in [0.05, 0.1) is 32.4 Å². The minimum Gasteiger partial charge on any atom is -0.496 e. The molecule has 0 spiro atoms. The van der Waals surface area contributed by atoms with E-state index in [1.165, 1.54) is 7.11 Å². The number of ether oxygens (including phenoxy) is 3. The third-order valence-electron chi connectivity index (χ3n) is 5.09. The molecule has 2 unspecified atom stereocenters. The summed E-state index contributed by atoms with van der Waals surface area (Å²) in [5, 5.41) is 5.88. The second kappa shape index (κ2) is 13.6. The molecule has 8 heteroatoms. The summed E-state index contributed by atoms with van der Waals surface area (Å²) in [5.41, 5.74) is 1.27. The lowest BCUT2D eigenvalue weighted by molar-refractivity contribution is -0.123. The Labute approximate surface area is 200 Å². The van der Waals surface area contributed by atoms with E-state index in [9.17, 15) is 9.59 Å². The van der Waals surface area contributed by atoms with Gasteiger partial charge in [0.2, 0.25) is 5.91 Å². The first-order chi connectivity index (χ1) is 15.9. The van der Waals surface area contributed by atoms with Crippen LogP contribution < -0.4 is 24.8 Å². The number of methoxy groups -OCH3 is 2. The minimum absolute atomic E-state index is 0.245. The van der Waals surface area contributed by atoms with E-state index in [0.717, 1.165) is 17.7 Å². The molecule has 2 N–H and O–H groups in total. The zero-order valence-electron chi connectivity index (χ0n) is 20.0. The minimum atomic E-state index is -0.675. The molecule has 0 aliphatic carbocycles. The van der Waals surface area contributed by atoms with Crippen LogP contribution >= 0.6 is 11.8 Å². The Bertz CT molecular complexity index is 921. The molecule has 0 bridgehead atoms. The summed E-state index contributed by atoms with van der Waals surface area (Å²) in [5.74, 6) is 1.89. The van der Waals surface area contributed by atoms with Gasteiger partial charge in [-0.3, -0.25) is 9.59 Å². The normalized spacial score (nSPS) is 12.4. The fourth-order valence-electron chi connectivity index (χ4n) is 3.25. The van der Waals surface area contributed by atoms with Crippen LogP contribution in [0.5, 0.6) is 17.2 Å². The number of amides is 2. The second-order valence-corrected chi connectivity index (χ2v) is 8.48. The highest BCUT2D eigenvalue weighted by atomic mass is 32.2. The van der Waals surface area contributed by atoms with Gasteiger partial charge in [-0.2, -0.15) is 11.8 Å². The van der Waals surface area contributed by atoms with Crippen LogP contribution in [0.15, 0.2) is 42.5 Å². The monoisotopic (exact) mass is 474 g/mol. The highest BCUT2D eigenvalue weighted by molar-refractivity contribution is 7.98. The van der Waals surface area contributed by atoms with Crippen molar-refractivity contribution in [1.82, 2.24) is 10.6 Å². The molecule has 180 valence electrons. The van der Waals surface area contributed by atoms with Crippen LogP contribution in [-0.2, 0) is 4.79 Å². The Hall–Kier alpha value is -2.87. The summed E-state index contributed by atoms with van der Waals surface area (Å²) >= 11 is 1.62. The summed E-state index contributed by atoms with van der Waals surface area (Å²) in [6.45, 7) is 4.54. The number of hydrogen-bond donors (Lipinski definition) is 2. The van der Waals surface area contributed by atoms with Gasteiger partial charge in [-0.15, -0.1) is 0 Å². The third-order valence-corrected chi connectivity index (χ3v) is 5.74. The first kappa shape index (κ1) is 26.4. The van der Waals surface area contributed by atoms with Crippen molar-refractivity contribution in [3.05, 3.63) is 53.6 Å². The number of thioether (sulfide) groups is 1. The average molecular weight is 475 g/mol. The largest absolute Gasteiger partial charge is 0.496 e. The molecule has 0 saturated carbocycles. The van der Waals surface area contributed by atoms with Crippen molar-refractivity contribution >= 4 is 23.6 Å². The van der Waals surface area contributed by atoms with Gasteiger partial charge in [0.1, 0.15) is 11.8 Å². The molecular weight excluding hydrogens is 440 g/mol. The number of nitrogens with one attached hydrogen (secondary N) is 2. The van der Waals surface area contributed by atoms with Gasteiger partial charge in [0.15, 0.2) is 11.5 Å². The summed E-state index contributed by atoms with van der Waals surface area (Å²) < 4.78 is 16.4. The smallest absolute Gasteiger partial charge is 0.255 e. The topological polar surface area (TPSA) is 85.9 Å². The van der Waals surface area contributed by atoms with Gasteiger partial charge in [0, 0.05) is 0 Å². The maximum atomic E-state index is 13.1. The van der Waals surface area contributed by atoms with E-state index in [4.69, 9.17) is 14.2 Å². The van der Waals surface area contributed by atoms with E-state index < -0.39 is 6.04 Å². The first-order valence-electron chi connectivity index (χ1n) is 11.0. The van der Waals surface area contributed by atoms with Gasteiger partial charge >= 0.3 is 0 Å². The van der Waals surface area contributed by atoms with Crippen molar-refractivity contribution in [2.24, 2.45) is 0 Å². The Morgan fingerprint density at radius 1 is 1.00 bits per heavy atom. The number of carbonyl (C=O) groups excluding carboxylic acids is 2. The lowest BCUT2D eigenvalue weighted by Gasteiger charge is -2.22. The molecule has 7 nitrogen and oxygen atoms in total. The van der Waals surface area contributed by atoms with Gasteiger partial charge < -0.3 is 24.8 Å². The van der Waals surface area contributed by atoms with Crippen LogP contribution in [0.2, 0.25) is 0 Å². The van der Waals surface area contributed by atoms with Crippen molar-refractivity contribution in [1.29, 1.82) is 0 Å². The van der Waals surface area contributed by atoms with E-state index in [1.807, 2.05) is 38.3 Å². The van der Waals surface area contributed by atoms with Gasteiger partial charge in [-0.05, 0) is 61.6 Å². The van der Waals surface area contributed by atoms with Crippen molar-refractivity contribution in [2.75, 3.05) is 32.8 Å². The zero-order chi connectivity index (χ0) is 24.2. The number of hydrogen-bond acceptors (Lipinski definition) is 6. The fourth-order valence-corrected chi connectivity index (χ4v) is 3.73. The molecule has 0 aliphatic rings. The predicted molar refractivity (Wildman–Crippen MR) is 133 cm³/mol. The molecule has 2 aromatic rings. The summed E-state index contributed by atoms with van der Waals surface area (Å²) in [7, 11) is 3.10. The Balaban J connectivity index is 2.13. The second-order valence-electron chi connectivity index (χ2n) is 7.50. The Morgan fingerprint density at radius 2 is 1.73 bits per heavy atom. The highest BCUT2D eigenvalue weighted by Crippen LogP contribution is 2.30. The molecule has 0 radical (unpaired) electrons. The standard InChI is InChI=1S/C25H34N2O5S/c1-6-14-32-22-12-11-18(16-23(22)31-4)17(2)26-25(29)20(13-15-33-5)27-24(28)19-9-7-8-10-21(19)30-3/h7-12,16-17,20H,6,13-15H2,1-5H3,(H,26,29)(H,27,28). The fraction of sp³-hybridized carbons (Fsp3) is 0.440. The number of para-hydroxylation sites is 1. The molecule has 0 aliphatic heterocycles. The Morgan fingerprint density at radius 3 is 2.39 bits per heavy atom. The SMILES string of the molecule is CCCOc1ccc(C(C)NC(=O)C(CCSC)NC(=O)c2ccccc2OC)cc1OC. The molecule has 0 fully saturated rings. The van der Waals surface area contributed by atoms with Crippen molar-refractivity contribution in [2.45, 2.75) is 38.8 Å². The molecule has 33 heavy (non-hydrogen) atoms. The van der Waals surface area contributed by atoms with Crippen LogP contribution in [-0.4, -0.2) is 50.7 Å².